The van der Waals surface area contributed by atoms with Crippen LogP contribution in [0.25, 0.3) is 0 Å². The van der Waals surface area contributed by atoms with Gasteiger partial charge in [0.1, 0.15) is 5.82 Å². The minimum atomic E-state index is -0.275. The summed E-state index contributed by atoms with van der Waals surface area (Å²) in [6.45, 7) is 8.59. The summed E-state index contributed by atoms with van der Waals surface area (Å²) in [6.07, 6.45) is 0. The zero-order valence-electron chi connectivity index (χ0n) is 11.4. The molecular formula is C14H23FN2O. The van der Waals surface area contributed by atoms with Crippen LogP contribution in [-0.2, 0) is 4.74 Å². The van der Waals surface area contributed by atoms with E-state index < -0.39 is 0 Å². The highest BCUT2D eigenvalue weighted by Crippen LogP contribution is 2.24. The molecule has 0 fully saturated rings. The molecule has 0 bridgehead atoms. The second-order valence-electron chi connectivity index (χ2n) is 4.56. The summed E-state index contributed by atoms with van der Waals surface area (Å²) in [5.41, 5.74) is 6.58. The van der Waals surface area contributed by atoms with Gasteiger partial charge < -0.3 is 15.4 Å². The number of anilines is 1. The lowest BCUT2D eigenvalue weighted by Gasteiger charge is -2.41. The fourth-order valence-electron chi connectivity index (χ4n) is 2.07. The van der Waals surface area contributed by atoms with E-state index >= 15 is 0 Å². The van der Waals surface area contributed by atoms with Crippen LogP contribution in [0, 0.1) is 5.82 Å². The summed E-state index contributed by atoms with van der Waals surface area (Å²) in [7, 11) is 0. The molecular weight excluding hydrogens is 231 g/mol. The van der Waals surface area contributed by atoms with Crippen molar-refractivity contribution >= 4 is 5.69 Å². The molecule has 1 aromatic carbocycles. The van der Waals surface area contributed by atoms with Crippen molar-refractivity contribution in [3.05, 3.63) is 30.1 Å². The number of benzene rings is 1. The van der Waals surface area contributed by atoms with Crippen LogP contribution in [-0.4, -0.2) is 31.8 Å². The Kier molecular flexibility index (Phi) is 5.56. The molecule has 0 saturated heterocycles. The van der Waals surface area contributed by atoms with Crippen LogP contribution in [0.5, 0.6) is 0 Å². The highest BCUT2D eigenvalue weighted by molar-refractivity contribution is 5.49. The normalized spacial score (nSPS) is 14.3. The van der Waals surface area contributed by atoms with E-state index in [1.165, 1.54) is 12.1 Å². The van der Waals surface area contributed by atoms with Crippen molar-refractivity contribution in [3.8, 4) is 0 Å². The predicted molar refractivity (Wildman–Crippen MR) is 73.4 cm³/mol. The Morgan fingerprint density at radius 2 is 1.89 bits per heavy atom. The van der Waals surface area contributed by atoms with Crippen LogP contribution in [0.15, 0.2) is 24.3 Å². The van der Waals surface area contributed by atoms with Gasteiger partial charge in [-0.3, -0.25) is 0 Å². The lowest BCUT2D eigenvalue weighted by atomic mass is 10.00. The molecule has 1 aromatic rings. The first-order chi connectivity index (χ1) is 8.57. The highest BCUT2D eigenvalue weighted by Gasteiger charge is 2.30. The number of ether oxygens (including phenoxy) is 1. The summed E-state index contributed by atoms with van der Waals surface area (Å²) in [4.78, 5) is 2.15. The molecule has 0 heterocycles. The van der Waals surface area contributed by atoms with E-state index in [9.17, 15) is 4.39 Å². The lowest BCUT2D eigenvalue weighted by Crippen LogP contribution is -2.55. The SMILES string of the molecule is CCOCC(C)(CN)N(CC)c1ccc(F)cc1. The summed E-state index contributed by atoms with van der Waals surface area (Å²) in [6, 6.07) is 6.49. The van der Waals surface area contributed by atoms with Crippen LogP contribution in [0.1, 0.15) is 20.8 Å². The Balaban J connectivity index is 2.95. The van der Waals surface area contributed by atoms with Crippen molar-refractivity contribution in [2.45, 2.75) is 26.3 Å². The molecule has 3 nitrogen and oxygen atoms in total. The summed E-state index contributed by atoms with van der Waals surface area (Å²) in [5, 5.41) is 0. The number of nitrogens with zero attached hydrogens (tertiary/aromatic N) is 1. The van der Waals surface area contributed by atoms with Crippen LogP contribution in [0.2, 0.25) is 0 Å². The number of rotatable bonds is 7. The third-order valence-corrected chi connectivity index (χ3v) is 3.16. The van der Waals surface area contributed by atoms with E-state index in [2.05, 4.69) is 18.7 Å². The molecule has 0 spiro atoms. The molecule has 0 saturated carbocycles. The zero-order chi connectivity index (χ0) is 13.6. The molecule has 0 aliphatic heterocycles. The second-order valence-corrected chi connectivity index (χ2v) is 4.56. The van der Waals surface area contributed by atoms with Crippen molar-refractivity contribution < 1.29 is 9.13 Å². The van der Waals surface area contributed by atoms with Crippen molar-refractivity contribution in [2.75, 3.05) is 31.2 Å². The maximum Gasteiger partial charge on any atom is 0.123 e. The van der Waals surface area contributed by atoms with Gasteiger partial charge in [-0.15, -0.1) is 0 Å². The third kappa shape index (κ3) is 3.43. The monoisotopic (exact) mass is 254 g/mol. The van der Waals surface area contributed by atoms with Gasteiger partial charge >= 0.3 is 0 Å². The first-order valence-electron chi connectivity index (χ1n) is 6.38. The summed E-state index contributed by atoms with van der Waals surface area (Å²) >= 11 is 0. The maximum absolute atomic E-state index is 13.0. The van der Waals surface area contributed by atoms with Gasteiger partial charge in [-0.2, -0.15) is 0 Å². The quantitative estimate of drug-likeness (QED) is 0.812. The maximum atomic E-state index is 13.0. The zero-order valence-corrected chi connectivity index (χ0v) is 11.4. The van der Waals surface area contributed by atoms with Gasteiger partial charge in [-0.05, 0) is 45.0 Å². The van der Waals surface area contributed by atoms with E-state index in [-0.39, 0.29) is 11.4 Å². The van der Waals surface area contributed by atoms with E-state index in [1.807, 2.05) is 6.92 Å². The van der Waals surface area contributed by atoms with Crippen molar-refractivity contribution in [1.29, 1.82) is 0 Å². The van der Waals surface area contributed by atoms with Crippen LogP contribution < -0.4 is 10.6 Å². The molecule has 1 atom stereocenters. The van der Waals surface area contributed by atoms with Gasteiger partial charge in [0.25, 0.3) is 0 Å². The molecule has 0 amide bonds. The minimum absolute atomic E-state index is 0.228. The van der Waals surface area contributed by atoms with Gasteiger partial charge in [0.2, 0.25) is 0 Å². The molecule has 1 unspecified atom stereocenters. The Morgan fingerprint density at radius 3 is 2.33 bits per heavy atom. The van der Waals surface area contributed by atoms with Gasteiger partial charge in [0.05, 0.1) is 12.1 Å². The Bertz CT molecular complexity index is 355. The standard InChI is InChI=1S/C14H23FN2O/c1-4-17(13-8-6-12(15)7-9-13)14(3,10-16)11-18-5-2/h6-9H,4-5,10-11,16H2,1-3H3. The smallest absolute Gasteiger partial charge is 0.123 e. The third-order valence-electron chi connectivity index (χ3n) is 3.16. The van der Waals surface area contributed by atoms with Crippen LogP contribution in [0.4, 0.5) is 10.1 Å². The van der Waals surface area contributed by atoms with Gasteiger partial charge in [0.15, 0.2) is 0 Å². The molecule has 0 radical (unpaired) electrons. The molecule has 0 aromatic heterocycles. The summed E-state index contributed by atoms with van der Waals surface area (Å²) < 4.78 is 18.5. The first-order valence-corrected chi connectivity index (χ1v) is 6.38. The number of hydrogen-bond donors (Lipinski definition) is 1. The number of likely N-dealkylation sites (N-methyl/N-ethyl adjacent to an activating group) is 1. The van der Waals surface area contributed by atoms with E-state index in [1.54, 1.807) is 12.1 Å². The molecule has 4 heteroatoms. The summed E-state index contributed by atoms with van der Waals surface area (Å²) in [5.74, 6) is -0.228. The molecule has 0 aliphatic rings. The fraction of sp³-hybridized carbons (Fsp3) is 0.571. The highest BCUT2D eigenvalue weighted by atomic mass is 19.1. The van der Waals surface area contributed by atoms with E-state index in [0.29, 0.717) is 19.8 Å². The van der Waals surface area contributed by atoms with Gasteiger partial charge in [0, 0.05) is 25.4 Å². The minimum Gasteiger partial charge on any atom is -0.379 e. The lowest BCUT2D eigenvalue weighted by molar-refractivity contribution is 0.100. The van der Waals surface area contributed by atoms with Crippen molar-refractivity contribution in [1.82, 2.24) is 0 Å². The first kappa shape index (κ1) is 14.9. The number of halogens is 1. The number of hydrogen-bond acceptors (Lipinski definition) is 3. The molecule has 18 heavy (non-hydrogen) atoms. The number of nitrogens with two attached hydrogens (primary N) is 1. The average molecular weight is 254 g/mol. The topological polar surface area (TPSA) is 38.5 Å². The van der Waals surface area contributed by atoms with Crippen molar-refractivity contribution in [3.63, 3.8) is 0 Å². The molecule has 2 N–H and O–H groups in total. The largest absolute Gasteiger partial charge is 0.379 e. The Labute approximate surface area is 109 Å². The van der Waals surface area contributed by atoms with Gasteiger partial charge in [-0.25, -0.2) is 4.39 Å². The Morgan fingerprint density at radius 1 is 1.28 bits per heavy atom. The average Bonchev–Trinajstić information content (AvgIpc) is 2.39. The molecule has 0 aliphatic carbocycles. The molecule has 1 rings (SSSR count). The van der Waals surface area contributed by atoms with Crippen molar-refractivity contribution in [2.24, 2.45) is 5.73 Å². The molecule has 102 valence electrons. The van der Waals surface area contributed by atoms with E-state index in [0.717, 1.165) is 12.2 Å². The Hall–Kier alpha value is -1.13. The van der Waals surface area contributed by atoms with E-state index in [4.69, 9.17) is 10.5 Å². The van der Waals surface area contributed by atoms with Gasteiger partial charge in [-0.1, -0.05) is 0 Å². The van der Waals surface area contributed by atoms with Crippen LogP contribution >= 0.6 is 0 Å². The predicted octanol–water partition coefficient (Wildman–Crippen LogP) is 2.41. The second kappa shape index (κ2) is 6.71. The fourth-order valence-corrected chi connectivity index (χ4v) is 2.07. The van der Waals surface area contributed by atoms with Crippen LogP contribution in [0.3, 0.4) is 0 Å².